The van der Waals surface area contributed by atoms with Crippen LogP contribution in [-0.4, -0.2) is 48.1 Å². The minimum absolute atomic E-state index is 0.573. The molecule has 21 heavy (non-hydrogen) atoms. The Morgan fingerprint density at radius 2 is 1.95 bits per heavy atom. The first-order valence-corrected chi connectivity index (χ1v) is 8.22. The number of aromatic nitrogens is 2. The van der Waals surface area contributed by atoms with Crippen molar-refractivity contribution >= 4 is 11.8 Å². The number of hydrogen-bond donors (Lipinski definition) is 2. The fraction of sp³-hybridized carbons (Fsp3) is 0.750. The summed E-state index contributed by atoms with van der Waals surface area (Å²) in [6.45, 7) is 1.98. The Bertz CT molecular complexity index is 399. The third-order valence-electron chi connectivity index (χ3n) is 3.93. The molecule has 1 fully saturated rings. The van der Waals surface area contributed by atoms with Crippen LogP contribution in [-0.2, 0) is 0 Å². The standard InChI is InChI=1S/C16H29N5/c1-21(2)13-7-11-17-16-18-12-10-15(20-16)19-14-8-5-3-4-6-9-14/h10,12,14H,3-9,11,13H2,1-2H3,(H2,17,18,19,20). The Kier molecular flexibility index (Phi) is 6.73. The van der Waals surface area contributed by atoms with Gasteiger partial charge in [-0.3, -0.25) is 0 Å². The van der Waals surface area contributed by atoms with E-state index in [9.17, 15) is 0 Å². The van der Waals surface area contributed by atoms with E-state index >= 15 is 0 Å². The van der Waals surface area contributed by atoms with Crippen LogP contribution in [0.4, 0.5) is 11.8 Å². The Balaban J connectivity index is 1.79. The first-order valence-electron chi connectivity index (χ1n) is 8.22. The molecule has 2 N–H and O–H groups in total. The average Bonchev–Trinajstić information content (AvgIpc) is 2.73. The normalized spacial score (nSPS) is 16.7. The fourth-order valence-electron chi connectivity index (χ4n) is 2.75. The van der Waals surface area contributed by atoms with Gasteiger partial charge in [0.15, 0.2) is 0 Å². The molecule has 1 aromatic heterocycles. The molecule has 0 radical (unpaired) electrons. The molecule has 0 bridgehead atoms. The van der Waals surface area contributed by atoms with E-state index in [0.717, 1.165) is 31.3 Å². The molecular formula is C16H29N5. The van der Waals surface area contributed by atoms with Crippen molar-refractivity contribution in [2.24, 2.45) is 0 Å². The zero-order valence-electron chi connectivity index (χ0n) is 13.4. The number of rotatable bonds is 7. The van der Waals surface area contributed by atoms with Gasteiger partial charge in [-0.2, -0.15) is 4.98 Å². The minimum Gasteiger partial charge on any atom is -0.367 e. The lowest BCUT2D eigenvalue weighted by Crippen LogP contribution is -2.20. The third-order valence-corrected chi connectivity index (χ3v) is 3.93. The molecule has 1 aliphatic rings. The van der Waals surface area contributed by atoms with Crippen LogP contribution in [0.25, 0.3) is 0 Å². The van der Waals surface area contributed by atoms with Crippen molar-refractivity contribution in [3.05, 3.63) is 12.3 Å². The number of hydrogen-bond acceptors (Lipinski definition) is 5. The van der Waals surface area contributed by atoms with Crippen molar-refractivity contribution in [3.63, 3.8) is 0 Å². The largest absolute Gasteiger partial charge is 0.367 e. The van der Waals surface area contributed by atoms with Gasteiger partial charge in [0.1, 0.15) is 5.82 Å². The van der Waals surface area contributed by atoms with E-state index in [1.807, 2.05) is 12.3 Å². The van der Waals surface area contributed by atoms with E-state index in [-0.39, 0.29) is 0 Å². The van der Waals surface area contributed by atoms with Gasteiger partial charge in [-0.1, -0.05) is 25.7 Å². The summed E-state index contributed by atoms with van der Waals surface area (Å²) in [5.41, 5.74) is 0. The maximum atomic E-state index is 4.57. The molecule has 0 atom stereocenters. The van der Waals surface area contributed by atoms with Crippen LogP contribution in [0.1, 0.15) is 44.9 Å². The topological polar surface area (TPSA) is 53.1 Å². The van der Waals surface area contributed by atoms with Crippen LogP contribution in [0.5, 0.6) is 0 Å². The monoisotopic (exact) mass is 291 g/mol. The van der Waals surface area contributed by atoms with Crippen molar-refractivity contribution in [1.82, 2.24) is 14.9 Å². The smallest absolute Gasteiger partial charge is 0.224 e. The molecule has 0 amide bonds. The highest BCUT2D eigenvalue weighted by Gasteiger charge is 2.12. The van der Waals surface area contributed by atoms with Gasteiger partial charge in [-0.15, -0.1) is 0 Å². The van der Waals surface area contributed by atoms with Crippen molar-refractivity contribution in [2.45, 2.75) is 51.0 Å². The van der Waals surface area contributed by atoms with Crippen LogP contribution in [0, 0.1) is 0 Å². The number of nitrogens with one attached hydrogen (secondary N) is 2. The molecule has 2 rings (SSSR count). The van der Waals surface area contributed by atoms with E-state index in [1.165, 1.54) is 38.5 Å². The van der Waals surface area contributed by atoms with E-state index in [2.05, 4.69) is 39.6 Å². The molecular weight excluding hydrogens is 262 g/mol. The second-order valence-corrected chi connectivity index (χ2v) is 6.18. The lowest BCUT2D eigenvalue weighted by molar-refractivity contribution is 0.405. The SMILES string of the molecule is CN(C)CCCNc1nccc(NC2CCCCCC2)n1. The molecule has 0 aliphatic heterocycles. The predicted molar refractivity (Wildman–Crippen MR) is 88.8 cm³/mol. The maximum absolute atomic E-state index is 4.57. The number of anilines is 2. The third kappa shape index (κ3) is 6.29. The highest BCUT2D eigenvalue weighted by atomic mass is 15.1. The van der Waals surface area contributed by atoms with Crippen LogP contribution in [0.2, 0.25) is 0 Å². The Hall–Kier alpha value is -1.36. The highest BCUT2D eigenvalue weighted by Crippen LogP contribution is 2.20. The van der Waals surface area contributed by atoms with Gasteiger partial charge >= 0.3 is 0 Å². The Labute approximate surface area is 128 Å². The molecule has 1 aliphatic carbocycles. The zero-order chi connectivity index (χ0) is 14.9. The summed E-state index contributed by atoms with van der Waals surface area (Å²) in [6, 6.07) is 2.54. The van der Waals surface area contributed by atoms with Gasteiger partial charge in [0, 0.05) is 18.8 Å². The molecule has 0 spiro atoms. The molecule has 1 aromatic rings. The first-order chi connectivity index (χ1) is 10.2. The average molecular weight is 291 g/mol. The van der Waals surface area contributed by atoms with Crippen molar-refractivity contribution < 1.29 is 0 Å². The van der Waals surface area contributed by atoms with E-state index in [4.69, 9.17) is 0 Å². The van der Waals surface area contributed by atoms with Gasteiger partial charge in [-0.25, -0.2) is 4.98 Å². The number of nitrogens with zero attached hydrogens (tertiary/aromatic N) is 3. The summed E-state index contributed by atoms with van der Waals surface area (Å²) in [6.07, 6.45) is 10.9. The molecule has 5 heteroatoms. The van der Waals surface area contributed by atoms with Crippen LogP contribution >= 0.6 is 0 Å². The minimum atomic E-state index is 0.573. The molecule has 5 nitrogen and oxygen atoms in total. The summed E-state index contributed by atoms with van der Waals surface area (Å²) < 4.78 is 0. The van der Waals surface area contributed by atoms with Gasteiger partial charge in [0.05, 0.1) is 0 Å². The van der Waals surface area contributed by atoms with Gasteiger partial charge in [0.25, 0.3) is 0 Å². The Morgan fingerprint density at radius 3 is 2.67 bits per heavy atom. The first kappa shape index (κ1) is 16.0. The van der Waals surface area contributed by atoms with Crippen LogP contribution in [0.3, 0.4) is 0 Å². The quantitative estimate of drug-likeness (QED) is 0.597. The summed E-state index contributed by atoms with van der Waals surface area (Å²) in [5, 5.41) is 6.87. The zero-order valence-corrected chi connectivity index (χ0v) is 13.4. The molecule has 0 aromatic carbocycles. The van der Waals surface area contributed by atoms with Crippen LogP contribution < -0.4 is 10.6 Å². The summed E-state index contributed by atoms with van der Waals surface area (Å²) in [4.78, 5) is 11.0. The van der Waals surface area contributed by atoms with Gasteiger partial charge in [-0.05, 0) is 46.0 Å². The second-order valence-electron chi connectivity index (χ2n) is 6.18. The predicted octanol–water partition coefficient (Wildman–Crippen LogP) is 2.97. The molecule has 1 saturated carbocycles. The van der Waals surface area contributed by atoms with Crippen molar-refractivity contribution in [3.8, 4) is 0 Å². The summed E-state index contributed by atoms with van der Waals surface area (Å²) in [5.74, 6) is 1.68. The Morgan fingerprint density at radius 1 is 1.19 bits per heavy atom. The second kappa shape index (κ2) is 8.82. The molecule has 118 valence electrons. The van der Waals surface area contributed by atoms with E-state index in [0.29, 0.717) is 6.04 Å². The van der Waals surface area contributed by atoms with Gasteiger partial charge < -0.3 is 15.5 Å². The van der Waals surface area contributed by atoms with E-state index in [1.54, 1.807) is 0 Å². The van der Waals surface area contributed by atoms with Crippen molar-refractivity contribution in [1.29, 1.82) is 0 Å². The van der Waals surface area contributed by atoms with E-state index < -0.39 is 0 Å². The summed E-state index contributed by atoms with van der Waals surface area (Å²) in [7, 11) is 4.18. The fourth-order valence-corrected chi connectivity index (χ4v) is 2.75. The molecule has 1 heterocycles. The molecule has 0 saturated heterocycles. The lowest BCUT2D eigenvalue weighted by Gasteiger charge is -2.17. The van der Waals surface area contributed by atoms with Crippen LogP contribution in [0.15, 0.2) is 12.3 Å². The van der Waals surface area contributed by atoms with Gasteiger partial charge in [0.2, 0.25) is 5.95 Å². The highest BCUT2D eigenvalue weighted by molar-refractivity contribution is 5.40. The van der Waals surface area contributed by atoms with Crippen molar-refractivity contribution in [2.75, 3.05) is 37.8 Å². The summed E-state index contributed by atoms with van der Waals surface area (Å²) >= 11 is 0. The lowest BCUT2D eigenvalue weighted by atomic mass is 10.1. The maximum Gasteiger partial charge on any atom is 0.224 e. The molecule has 0 unspecified atom stereocenters.